The third kappa shape index (κ3) is 2.40. The molecule has 2 rings (SSSR count). The number of rotatable bonds is 3. The zero-order valence-electron chi connectivity index (χ0n) is 10.5. The molecule has 0 fully saturated rings. The first-order valence-electron chi connectivity index (χ1n) is 5.83. The van der Waals surface area contributed by atoms with Gasteiger partial charge in [-0.1, -0.05) is 36.4 Å². The maximum absolute atomic E-state index is 11.9. The van der Waals surface area contributed by atoms with Crippen LogP contribution in [0.1, 0.15) is 13.3 Å². The SMILES string of the molecule is CC(=O)CC(=O)N(C)c1cccc2ccccc12. The van der Waals surface area contributed by atoms with Crippen LogP contribution in [0, 0.1) is 0 Å². The highest BCUT2D eigenvalue weighted by Gasteiger charge is 2.14. The number of fused-ring (bicyclic) bond motifs is 1. The average Bonchev–Trinajstić information content (AvgIpc) is 2.36. The topological polar surface area (TPSA) is 37.4 Å². The molecule has 3 nitrogen and oxygen atoms in total. The van der Waals surface area contributed by atoms with Gasteiger partial charge in [0.15, 0.2) is 0 Å². The lowest BCUT2D eigenvalue weighted by molar-refractivity contribution is -0.125. The van der Waals surface area contributed by atoms with Crippen LogP contribution >= 0.6 is 0 Å². The molecule has 0 aliphatic rings. The van der Waals surface area contributed by atoms with Crippen LogP contribution in [0.4, 0.5) is 5.69 Å². The third-order valence-corrected chi connectivity index (χ3v) is 2.90. The van der Waals surface area contributed by atoms with Crippen LogP contribution in [-0.4, -0.2) is 18.7 Å². The maximum Gasteiger partial charge on any atom is 0.234 e. The molecule has 18 heavy (non-hydrogen) atoms. The summed E-state index contributed by atoms with van der Waals surface area (Å²) in [5.41, 5.74) is 0.833. The summed E-state index contributed by atoms with van der Waals surface area (Å²) in [5.74, 6) is -0.300. The molecule has 1 amide bonds. The summed E-state index contributed by atoms with van der Waals surface area (Å²) < 4.78 is 0. The normalized spacial score (nSPS) is 10.3. The predicted molar refractivity (Wildman–Crippen MR) is 72.7 cm³/mol. The Hall–Kier alpha value is -2.16. The lowest BCUT2D eigenvalue weighted by atomic mass is 10.1. The standard InChI is InChI=1S/C15H15NO2/c1-11(17)10-15(18)16(2)14-9-5-7-12-6-3-4-8-13(12)14/h3-9H,10H2,1-2H3. The summed E-state index contributed by atoms with van der Waals surface area (Å²) in [6.45, 7) is 1.43. The van der Waals surface area contributed by atoms with Crippen LogP contribution in [0.15, 0.2) is 42.5 Å². The molecule has 0 aliphatic heterocycles. The summed E-state index contributed by atoms with van der Waals surface area (Å²) in [7, 11) is 1.70. The zero-order valence-corrected chi connectivity index (χ0v) is 10.5. The first kappa shape index (κ1) is 12.3. The predicted octanol–water partition coefficient (Wildman–Crippen LogP) is 2.78. The average molecular weight is 241 g/mol. The van der Waals surface area contributed by atoms with E-state index in [1.165, 1.54) is 6.92 Å². The highest BCUT2D eigenvalue weighted by molar-refractivity contribution is 6.08. The van der Waals surface area contributed by atoms with Gasteiger partial charge in [0.25, 0.3) is 0 Å². The van der Waals surface area contributed by atoms with Crippen LogP contribution in [0.25, 0.3) is 10.8 Å². The second-order valence-electron chi connectivity index (χ2n) is 4.33. The molecule has 0 heterocycles. The Morgan fingerprint density at radius 3 is 2.44 bits per heavy atom. The molecule has 0 spiro atoms. The van der Waals surface area contributed by atoms with Crippen molar-refractivity contribution in [3.63, 3.8) is 0 Å². The van der Waals surface area contributed by atoms with Gasteiger partial charge in [0.2, 0.25) is 5.91 Å². The van der Waals surface area contributed by atoms with Gasteiger partial charge in [-0.15, -0.1) is 0 Å². The minimum Gasteiger partial charge on any atom is -0.314 e. The fourth-order valence-electron chi connectivity index (χ4n) is 1.97. The molecule has 92 valence electrons. The van der Waals surface area contributed by atoms with E-state index >= 15 is 0 Å². The van der Waals surface area contributed by atoms with Crippen molar-refractivity contribution in [3.8, 4) is 0 Å². The minimum absolute atomic E-state index is 0.0558. The zero-order chi connectivity index (χ0) is 13.1. The van der Waals surface area contributed by atoms with E-state index in [0.29, 0.717) is 0 Å². The van der Waals surface area contributed by atoms with Gasteiger partial charge in [0.1, 0.15) is 5.78 Å². The number of ketones is 1. The lowest BCUT2D eigenvalue weighted by Crippen LogP contribution is -2.27. The second kappa shape index (κ2) is 5.00. The van der Waals surface area contributed by atoms with Crippen LogP contribution in [0.5, 0.6) is 0 Å². The van der Waals surface area contributed by atoms with Gasteiger partial charge in [-0.25, -0.2) is 0 Å². The smallest absolute Gasteiger partial charge is 0.234 e. The van der Waals surface area contributed by atoms with E-state index < -0.39 is 0 Å². The fourth-order valence-corrected chi connectivity index (χ4v) is 1.97. The lowest BCUT2D eigenvalue weighted by Gasteiger charge is -2.18. The number of hydrogen-bond donors (Lipinski definition) is 0. The highest BCUT2D eigenvalue weighted by Crippen LogP contribution is 2.26. The van der Waals surface area contributed by atoms with Gasteiger partial charge >= 0.3 is 0 Å². The van der Waals surface area contributed by atoms with Crippen molar-refractivity contribution >= 4 is 28.2 Å². The molecule has 0 unspecified atom stereocenters. The summed E-state index contributed by atoms with van der Waals surface area (Å²) in [6, 6.07) is 13.7. The first-order valence-corrected chi connectivity index (χ1v) is 5.83. The van der Waals surface area contributed by atoms with E-state index in [9.17, 15) is 9.59 Å². The van der Waals surface area contributed by atoms with E-state index in [1.807, 2.05) is 42.5 Å². The van der Waals surface area contributed by atoms with Gasteiger partial charge in [0.05, 0.1) is 12.1 Å². The van der Waals surface area contributed by atoms with Crippen LogP contribution in [0.3, 0.4) is 0 Å². The molecular weight excluding hydrogens is 226 g/mol. The molecule has 0 aliphatic carbocycles. The summed E-state index contributed by atoms with van der Waals surface area (Å²) in [4.78, 5) is 24.5. The number of anilines is 1. The van der Waals surface area contributed by atoms with Crippen molar-refractivity contribution in [2.75, 3.05) is 11.9 Å². The minimum atomic E-state index is -0.182. The third-order valence-electron chi connectivity index (χ3n) is 2.90. The van der Waals surface area contributed by atoms with Gasteiger partial charge in [0, 0.05) is 12.4 Å². The maximum atomic E-state index is 11.9. The quantitative estimate of drug-likeness (QED) is 0.775. The molecule has 0 radical (unpaired) electrons. The molecule has 0 saturated carbocycles. The molecule has 0 saturated heterocycles. The van der Waals surface area contributed by atoms with Crippen LogP contribution in [-0.2, 0) is 9.59 Å². The molecule has 0 N–H and O–H groups in total. The summed E-state index contributed by atoms with van der Waals surface area (Å²) in [6.07, 6.45) is -0.0558. The van der Waals surface area contributed by atoms with E-state index in [0.717, 1.165) is 16.5 Å². The molecule has 2 aromatic rings. The number of nitrogens with zero attached hydrogens (tertiary/aromatic N) is 1. The van der Waals surface area contributed by atoms with Crippen molar-refractivity contribution in [2.24, 2.45) is 0 Å². The highest BCUT2D eigenvalue weighted by atomic mass is 16.2. The van der Waals surface area contributed by atoms with Crippen LogP contribution < -0.4 is 4.90 Å². The molecule has 0 aromatic heterocycles. The fraction of sp³-hybridized carbons (Fsp3) is 0.200. The number of amides is 1. The first-order chi connectivity index (χ1) is 8.59. The Kier molecular flexibility index (Phi) is 3.42. The molecule has 0 atom stereocenters. The summed E-state index contributed by atoms with van der Waals surface area (Å²) in [5, 5.41) is 2.09. The van der Waals surface area contributed by atoms with Crippen molar-refractivity contribution in [1.82, 2.24) is 0 Å². The van der Waals surface area contributed by atoms with Crippen molar-refractivity contribution in [1.29, 1.82) is 0 Å². The van der Waals surface area contributed by atoms with E-state index in [-0.39, 0.29) is 18.1 Å². The van der Waals surface area contributed by atoms with E-state index in [1.54, 1.807) is 11.9 Å². The van der Waals surface area contributed by atoms with Gasteiger partial charge in [-0.3, -0.25) is 9.59 Å². The number of hydrogen-bond acceptors (Lipinski definition) is 2. The molecule has 3 heteroatoms. The number of carbonyl (C=O) groups excluding carboxylic acids is 2. The van der Waals surface area contributed by atoms with Crippen molar-refractivity contribution in [3.05, 3.63) is 42.5 Å². The Balaban J connectivity index is 2.41. The second-order valence-corrected chi connectivity index (χ2v) is 4.33. The van der Waals surface area contributed by atoms with Crippen LogP contribution in [0.2, 0.25) is 0 Å². The van der Waals surface area contributed by atoms with Gasteiger partial charge in [-0.05, 0) is 18.4 Å². The molecular formula is C15H15NO2. The van der Waals surface area contributed by atoms with Crippen molar-refractivity contribution in [2.45, 2.75) is 13.3 Å². The summed E-state index contributed by atoms with van der Waals surface area (Å²) >= 11 is 0. The Morgan fingerprint density at radius 1 is 1.06 bits per heavy atom. The Bertz CT molecular complexity index is 599. The van der Waals surface area contributed by atoms with Crippen molar-refractivity contribution < 1.29 is 9.59 Å². The molecule has 2 aromatic carbocycles. The number of benzene rings is 2. The van der Waals surface area contributed by atoms with E-state index in [4.69, 9.17) is 0 Å². The Labute approximate surface area is 106 Å². The largest absolute Gasteiger partial charge is 0.314 e. The Morgan fingerprint density at radius 2 is 1.72 bits per heavy atom. The monoisotopic (exact) mass is 241 g/mol. The van der Waals surface area contributed by atoms with E-state index in [2.05, 4.69) is 0 Å². The van der Waals surface area contributed by atoms with Gasteiger partial charge < -0.3 is 4.90 Å². The number of carbonyl (C=O) groups is 2. The number of Topliss-reactive ketones (excluding diaryl/α,β-unsaturated/α-hetero) is 1. The van der Waals surface area contributed by atoms with Gasteiger partial charge in [-0.2, -0.15) is 0 Å². The molecule has 0 bridgehead atoms.